The fraction of sp³-hybridized carbons (Fsp3) is 0.400. The molecule has 0 amide bonds. The summed E-state index contributed by atoms with van der Waals surface area (Å²) in [6.07, 6.45) is 2.11. The fourth-order valence-corrected chi connectivity index (χ4v) is 0.572. The summed E-state index contributed by atoms with van der Waals surface area (Å²) in [5, 5.41) is 20.0. The number of rotatable bonds is 2. The molecular weight excluding hydrogens is 251 g/mol. The summed E-state index contributed by atoms with van der Waals surface area (Å²) in [5.74, 6) is -0.750. The van der Waals surface area contributed by atoms with Gasteiger partial charge in [0.2, 0.25) is 0 Å². The van der Waals surface area contributed by atoms with E-state index < -0.39 is 0 Å². The SMILES string of the molecule is CC(=O)/C=C(/C)[O-].CC(=O)/C=C(/C)[O-].[O-2].[V+4]. The van der Waals surface area contributed by atoms with Crippen LogP contribution in [0.5, 0.6) is 0 Å². The minimum atomic E-state index is -0.187. The molecule has 0 saturated heterocycles. The van der Waals surface area contributed by atoms with Gasteiger partial charge < -0.3 is 15.7 Å². The number of hydrogen-bond acceptors (Lipinski definition) is 4. The van der Waals surface area contributed by atoms with Gasteiger partial charge in [-0.3, -0.25) is 9.59 Å². The van der Waals surface area contributed by atoms with E-state index in [1.54, 1.807) is 0 Å². The molecule has 0 aliphatic heterocycles. The molecule has 0 bridgehead atoms. The molecule has 89 valence electrons. The smallest absolute Gasteiger partial charge is 2.00 e. The molecule has 0 heterocycles. The van der Waals surface area contributed by atoms with E-state index in [0.29, 0.717) is 0 Å². The van der Waals surface area contributed by atoms with Gasteiger partial charge in [-0.2, -0.15) is 0 Å². The summed E-state index contributed by atoms with van der Waals surface area (Å²) in [4.78, 5) is 20.0. The maximum absolute atomic E-state index is 9.98. The van der Waals surface area contributed by atoms with Gasteiger partial charge in [0, 0.05) is 0 Å². The van der Waals surface area contributed by atoms with Crippen molar-refractivity contribution in [1.82, 2.24) is 0 Å². The van der Waals surface area contributed by atoms with Crippen LogP contribution in [0.15, 0.2) is 23.7 Å². The van der Waals surface area contributed by atoms with Crippen LogP contribution in [0.3, 0.4) is 0 Å². The van der Waals surface area contributed by atoms with E-state index in [-0.39, 0.29) is 47.1 Å². The largest absolute Gasteiger partial charge is 4.00 e. The topological polar surface area (TPSA) is 109 Å². The summed E-state index contributed by atoms with van der Waals surface area (Å²) < 4.78 is 0. The van der Waals surface area contributed by atoms with Gasteiger partial charge in [0.25, 0.3) is 0 Å². The molecule has 0 aromatic heterocycles. The van der Waals surface area contributed by atoms with E-state index in [2.05, 4.69) is 0 Å². The van der Waals surface area contributed by atoms with Crippen LogP contribution in [0.25, 0.3) is 0 Å². The zero-order valence-electron chi connectivity index (χ0n) is 9.64. The first-order valence-electron chi connectivity index (χ1n) is 3.97. The third-order valence-electron chi connectivity index (χ3n) is 0.813. The van der Waals surface area contributed by atoms with E-state index in [1.807, 2.05) is 0 Å². The molecule has 0 saturated carbocycles. The molecule has 0 aromatic carbocycles. The Morgan fingerprint density at radius 1 is 0.812 bits per heavy atom. The predicted molar refractivity (Wildman–Crippen MR) is 49.6 cm³/mol. The standard InChI is InChI=1S/2C5H8O2.O.V/c2*1-4(6)3-5(2)7;;/h2*3,6H,1-2H3;;/q;;-2;+4/p-2/b2*4-3-;;. The van der Waals surface area contributed by atoms with Crippen molar-refractivity contribution in [2.24, 2.45) is 0 Å². The Hall–Kier alpha value is -1.04. The first-order valence-corrected chi connectivity index (χ1v) is 3.97. The molecule has 0 spiro atoms. The molecule has 1 radical (unpaired) electrons. The van der Waals surface area contributed by atoms with Crippen molar-refractivity contribution in [1.29, 1.82) is 0 Å². The van der Waals surface area contributed by atoms with Crippen LogP contribution in [0.2, 0.25) is 0 Å². The van der Waals surface area contributed by atoms with E-state index in [0.717, 1.165) is 12.2 Å². The summed E-state index contributed by atoms with van der Waals surface area (Å²) in [6, 6.07) is 0. The Balaban J connectivity index is -0.0000000800. The molecule has 0 aromatic rings. The number of ketones is 2. The third kappa shape index (κ3) is 38.3. The van der Waals surface area contributed by atoms with E-state index in [9.17, 15) is 19.8 Å². The molecule has 0 aliphatic carbocycles. The predicted octanol–water partition coefficient (Wildman–Crippen LogP) is -0.442. The average Bonchev–Trinajstić information content (AvgIpc) is 1.79. The molecular formula is C10H14O5V. The van der Waals surface area contributed by atoms with Gasteiger partial charge in [-0.15, -0.1) is 11.5 Å². The van der Waals surface area contributed by atoms with Crippen LogP contribution in [-0.2, 0) is 33.6 Å². The first-order chi connectivity index (χ1) is 6.25. The zero-order chi connectivity index (χ0) is 11.7. The van der Waals surface area contributed by atoms with Gasteiger partial charge in [-0.25, -0.2) is 0 Å². The van der Waals surface area contributed by atoms with Crippen LogP contribution in [0, 0.1) is 0 Å². The minimum Gasteiger partial charge on any atom is -2.00 e. The fourth-order valence-electron chi connectivity index (χ4n) is 0.572. The van der Waals surface area contributed by atoms with Gasteiger partial charge in [0.15, 0.2) is 11.6 Å². The van der Waals surface area contributed by atoms with Crippen molar-refractivity contribution in [3.05, 3.63) is 23.7 Å². The second kappa shape index (κ2) is 14.0. The summed E-state index contributed by atoms with van der Waals surface area (Å²) in [7, 11) is 0. The normalized spacial score (nSPS) is 10.0. The number of carbonyl (C=O) groups is 2. The van der Waals surface area contributed by atoms with Crippen LogP contribution >= 0.6 is 0 Å². The summed E-state index contributed by atoms with van der Waals surface area (Å²) in [5.41, 5.74) is 0. The second-order valence-electron chi connectivity index (χ2n) is 2.73. The molecule has 6 heteroatoms. The van der Waals surface area contributed by atoms with Gasteiger partial charge >= 0.3 is 18.6 Å². The molecule has 16 heavy (non-hydrogen) atoms. The summed E-state index contributed by atoms with van der Waals surface area (Å²) >= 11 is 0. The summed E-state index contributed by atoms with van der Waals surface area (Å²) in [6.45, 7) is 5.39. The zero-order valence-corrected chi connectivity index (χ0v) is 11.0. The van der Waals surface area contributed by atoms with Crippen molar-refractivity contribution < 1.29 is 43.8 Å². The van der Waals surface area contributed by atoms with Gasteiger partial charge in [-0.05, 0) is 26.0 Å². The van der Waals surface area contributed by atoms with Crippen molar-refractivity contribution in [2.75, 3.05) is 0 Å². The van der Waals surface area contributed by atoms with Crippen LogP contribution in [-0.4, -0.2) is 11.6 Å². The van der Waals surface area contributed by atoms with Gasteiger partial charge in [0.1, 0.15) is 0 Å². The van der Waals surface area contributed by atoms with E-state index in [4.69, 9.17) is 0 Å². The maximum atomic E-state index is 9.98. The van der Waals surface area contributed by atoms with Gasteiger partial charge in [-0.1, -0.05) is 13.8 Å². The van der Waals surface area contributed by atoms with Crippen molar-refractivity contribution in [3.63, 3.8) is 0 Å². The minimum absolute atomic E-state index is 0. The van der Waals surface area contributed by atoms with E-state index >= 15 is 0 Å². The molecule has 5 nitrogen and oxygen atoms in total. The van der Waals surface area contributed by atoms with Crippen molar-refractivity contribution in [3.8, 4) is 0 Å². The van der Waals surface area contributed by atoms with Crippen LogP contribution in [0.4, 0.5) is 0 Å². The molecule has 0 unspecified atom stereocenters. The molecule has 0 fully saturated rings. The number of carbonyl (C=O) groups excluding carboxylic acids is 2. The van der Waals surface area contributed by atoms with Crippen molar-refractivity contribution in [2.45, 2.75) is 27.7 Å². The Morgan fingerprint density at radius 2 is 1.00 bits per heavy atom. The average molecular weight is 265 g/mol. The first kappa shape index (κ1) is 24.3. The quantitative estimate of drug-likeness (QED) is 0.497. The van der Waals surface area contributed by atoms with Crippen LogP contribution < -0.4 is 10.2 Å². The number of hydrogen-bond donors (Lipinski definition) is 0. The number of allylic oxidation sites excluding steroid dienone is 4. The Kier molecular flexibility index (Phi) is 21.2. The molecule has 0 rings (SSSR count). The van der Waals surface area contributed by atoms with Crippen molar-refractivity contribution >= 4 is 11.6 Å². The molecule has 0 atom stereocenters. The van der Waals surface area contributed by atoms with Crippen LogP contribution in [0.1, 0.15) is 27.7 Å². The third-order valence-corrected chi connectivity index (χ3v) is 0.813. The maximum Gasteiger partial charge on any atom is 4.00 e. The Bertz CT molecular complexity index is 232. The molecule has 0 N–H and O–H groups in total. The van der Waals surface area contributed by atoms with Gasteiger partial charge in [0.05, 0.1) is 0 Å². The molecule has 0 aliphatic rings. The monoisotopic (exact) mass is 265 g/mol. The Morgan fingerprint density at radius 3 is 1.00 bits per heavy atom. The Labute approximate surface area is 107 Å². The second-order valence-corrected chi connectivity index (χ2v) is 2.73. The van der Waals surface area contributed by atoms with E-state index in [1.165, 1.54) is 27.7 Å².